The highest BCUT2D eigenvalue weighted by atomic mass is 79.9. The molecule has 0 bridgehead atoms. The molecule has 1 aliphatic rings. The minimum atomic E-state index is 0.424. The Kier molecular flexibility index (Phi) is 4.29. The first-order valence-corrected chi connectivity index (χ1v) is 4.60. The molecule has 0 saturated carbocycles. The first-order valence-electron chi connectivity index (χ1n) is 3.68. The average Bonchev–Trinajstić information content (AvgIpc) is 2.02. The number of nitrogens with one attached hydrogen (secondary N) is 3. The van der Waals surface area contributed by atoms with Crippen molar-refractivity contribution in [3.63, 3.8) is 0 Å². The van der Waals surface area contributed by atoms with Crippen molar-refractivity contribution in [1.29, 1.82) is 0 Å². The monoisotopic (exact) mass is 207 g/mol. The molecule has 60 valence electrons. The number of hydrogen-bond acceptors (Lipinski definition) is 3. The van der Waals surface area contributed by atoms with Crippen LogP contribution in [0.25, 0.3) is 0 Å². The van der Waals surface area contributed by atoms with E-state index in [0.717, 1.165) is 32.7 Å². The summed E-state index contributed by atoms with van der Waals surface area (Å²) >= 11 is 3.51. The minimum Gasteiger partial charge on any atom is -0.314 e. The molecule has 1 saturated heterocycles. The molecule has 0 aromatic heterocycles. The molecule has 1 fully saturated rings. The minimum absolute atomic E-state index is 0.424. The Labute approximate surface area is 70.1 Å². The zero-order valence-corrected chi connectivity index (χ0v) is 7.58. The van der Waals surface area contributed by atoms with Crippen LogP contribution in [-0.2, 0) is 0 Å². The summed E-state index contributed by atoms with van der Waals surface area (Å²) in [5.74, 6) is 0. The van der Waals surface area contributed by atoms with Gasteiger partial charge in [0.25, 0.3) is 0 Å². The van der Waals surface area contributed by atoms with E-state index in [-0.39, 0.29) is 0 Å². The quantitative estimate of drug-likeness (QED) is 0.370. The van der Waals surface area contributed by atoms with Crippen LogP contribution in [0.3, 0.4) is 0 Å². The van der Waals surface area contributed by atoms with Gasteiger partial charge < -0.3 is 16.0 Å². The molecule has 0 amide bonds. The van der Waals surface area contributed by atoms with Crippen molar-refractivity contribution < 1.29 is 0 Å². The highest BCUT2D eigenvalue weighted by Crippen LogP contribution is 1.91. The molecule has 1 heterocycles. The van der Waals surface area contributed by atoms with Crippen LogP contribution in [0.2, 0.25) is 0 Å². The van der Waals surface area contributed by atoms with E-state index in [0.29, 0.717) is 4.95 Å². The molecule has 0 radical (unpaired) electrons. The van der Waals surface area contributed by atoms with E-state index >= 15 is 0 Å². The van der Waals surface area contributed by atoms with Gasteiger partial charge in [0.05, 0.1) is 4.95 Å². The van der Waals surface area contributed by atoms with Crippen molar-refractivity contribution in [2.75, 3.05) is 32.7 Å². The van der Waals surface area contributed by atoms with E-state index in [1.165, 1.54) is 0 Å². The van der Waals surface area contributed by atoms with E-state index in [9.17, 15) is 0 Å². The van der Waals surface area contributed by atoms with Gasteiger partial charge in [-0.2, -0.15) is 0 Å². The maximum Gasteiger partial charge on any atom is 0.0757 e. The van der Waals surface area contributed by atoms with Crippen molar-refractivity contribution in [2.24, 2.45) is 0 Å². The average molecular weight is 208 g/mol. The summed E-state index contributed by atoms with van der Waals surface area (Å²) in [7, 11) is 0. The maximum absolute atomic E-state index is 3.51. The van der Waals surface area contributed by atoms with Crippen LogP contribution in [0.5, 0.6) is 0 Å². The lowest BCUT2D eigenvalue weighted by Gasteiger charge is -2.09. The van der Waals surface area contributed by atoms with Crippen LogP contribution in [0.1, 0.15) is 0 Å². The fourth-order valence-electron chi connectivity index (χ4n) is 0.920. The van der Waals surface area contributed by atoms with Crippen LogP contribution in [0.4, 0.5) is 0 Å². The van der Waals surface area contributed by atoms with E-state index in [2.05, 4.69) is 31.9 Å². The lowest BCUT2D eigenvalue weighted by Crippen LogP contribution is -2.34. The second kappa shape index (κ2) is 5.07. The summed E-state index contributed by atoms with van der Waals surface area (Å²) in [4.78, 5) is 0.424. The van der Waals surface area contributed by atoms with Gasteiger partial charge in [-0.15, -0.1) is 0 Å². The largest absolute Gasteiger partial charge is 0.314 e. The molecule has 1 unspecified atom stereocenters. The molecule has 1 aliphatic heterocycles. The normalized spacial score (nSPS) is 30.3. The number of hydrogen-bond donors (Lipinski definition) is 3. The van der Waals surface area contributed by atoms with Crippen molar-refractivity contribution in [2.45, 2.75) is 4.95 Å². The number of alkyl halides is 1. The second-order valence-electron chi connectivity index (χ2n) is 2.38. The lowest BCUT2D eigenvalue weighted by molar-refractivity contribution is 0.623. The third-order valence-corrected chi connectivity index (χ3v) is 2.12. The zero-order chi connectivity index (χ0) is 7.23. The van der Waals surface area contributed by atoms with Crippen LogP contribution in [0, 0.1) is 0 Å². The molecule has 3 N–H and O–H groups in total. The number of halogens is 1. The summed E-state index contributed by atoms with van der Waals surface area (Å²) in [6.07, 6.45) is 0. The highest BCUT2D eigenvalue weighted by Gasteiger charge is 2.02. The van der Waals surface area contributed by atoms with Crippen LogP contribution >= 0.6 is 15.9 Å². The Bertz CT molecular complexity index is 79.1. The van der Waals surface area contributed by atoms with Gasteiger partial charge in [-0.25, -0.2) is 0 Å². The highest BCUT2D eigenvalue weighted by molar-refractivity contribution is 9.09. The third kappa shape index (κ3) is 3.51. The molecule has 0 aromatic carbocycles. The molecule has 0 aromatic rings. The Balaban J connectivity index is 2.15. The summed E-state index contributed by atoms with van der Waals surface area (Å²) in [5.41, 5.74) is 0. The zero-order valence-electron chi connectivity index (χ0n) is 5.99. The smallest absolute Gasteiger partial charge is 0.0757 e. The fourth-order valence-corrected chi connectivity index (χ4v) is 1.38. The standard InChI is InChI=1S/C6H14BrN3/c7-6-5-9-2-1-8-3-4-10-6/h6,8-10H,1-5H2. The van der Waals surface area contributed by atoms with Crippen LogP contribution < -0.4 is 16.0 Å². The Morgan fingerprint density at radius 3 is 2.60 bits per heavy atom. The second-order valence-corrected chi connectivity index (χ2v) is 3.48. The van der Waals surface area contributed by atoms with E-state index in [1.54, 1.807) is 0 Å². The predicted molar refractivity (Wildman–Crippen MR) is 46.5 cm³/mol. The SMILES string of the molecule is BrC1CNCCNCCN1. The fraction of sp³-hybridized carbons (Fsp3) is 1.00. The molecule has 3 nitrogen and oxygen atoms in total. The molecule has 1 rings (SSSR count). The van der Waals surface area contributed by atoms with Crippen LogP contribution in [-0.4, -0.2) is 37.7 Å². The van der Waals surface area contributed by atoms with Crippen molar-refractivity contribution in [1.82, 2.24) is 16.0 Å². The first-order chi connectivity index (χ1) is 4.89. The molecule has 1 atom stereocenters. The van der Waals surface area contributed by atoms with Crippen LogP contribution in [0.15, 0.2) is 0 Å². The molecule has 0 spiro atoms. The number of rotatable bonds is 0. The molecular formula is C6H14BrN3. The van der Waals surface area contributed by atoms with Gasteiger partial charge in [0.15, 0.2) is 0 Å². The van der Waals surface area contributed by atoms with Gasteiger partial charge >= 0.3 is 0 Å². The van der Waals surface area contributed by atoms with Crippen molar-refractivity contribution in [3.05, 3.63) is 0 Å². The summed E-state index contributed by atoms with van der Waals surface area (Å²) < 4.78 is 0. The molecule has 10 heavy (non-hydrogen) atoms. The van der Waals surface area contributed by atoms with E-state index < -0.39 is 0 Å². The van der Waals surface area contributed by atoms with Gasteiger partial charge in [0, 0.05) is 32.7 Å². The van der Waals surface area contributed by atoms with Gasteiger partial charge in [-0.05, 0) is 0 Å². The predicted octanol–water partition coefficient (Wildman–Crippen LogP) is -0.510. The Hall–Kier alpha value is 0.360. The van der Waals surface area contributed by atoms with E-state index in [4.69, 9.17) is 0 Å². The molecular weight excluding hydrogens is 194 g/mol. The topological polar surface area (TPSA) is 36.1 Å². The summed E-state index contributed by atoms with van der Waals surface area (Å²) in [5, 5.41) is 9.92. The lowest BCUT2D eigenvalue weighted by atomic mass is 10.5. The Morgan fingerprint density at radius 2 is 1.70 bits per heavy atom. The summed E-state index contributed by atoms with van der Waals surface area (Å²) in [6, 6.07) is 0. The first kappa shape index (κ1) is 8.46. The molecule has 4 heteroatoms. The van der Waals surface area contributed by atoms with Gasteiger partial charge in [0.1, 0.15) is 0 Å². The summed E-state index contributed by atoms with van der Waals surface area (Å²) in [6.45, 7) is 5.23. The van der Waals surface area contributed by atoms with E-state index in [1.807, 2.05) is 0 Å². The van der Waals surface area contributed by atoms with Gasteiger partial charge in [0.2, 0.25) is 0 Å². The third-order valence-electron chi connectivity index (χ3n) is 1.47. The Morgan fingerprint density at radius 1 is 1.00 bits per heavy atom. The van der Waals surface area contributed by atoms with Gasteiger partial charge in [-0.3, -0.25) is 0 Å². The molecule has 0 aliphatic carbocycles. The van der Waals surface area contributed by atoms with Crippen molar-refractivity contribution in [3.8, 4) is 0 Å². The van der Waals surface area contributed by atoms with Crippen molar-refractivity contribution >= 4 is 15.9 Å². The van der Waals surface area contributed by atoms with Gasteiger partial charge in [-0.1, -0.05) is 15.9 Å². The maximum atomic E-state index is 3.51.